The average Bonchev–Trinajstić information content (AvgIpc) is 2.60. The highest BCUT2D eigenvalue weighted by Gasteiger charge is 2.19. The Morgan fingerprint density at radius 1 is 1.27 bits per heavy atom. The number of benzene rings is 1. The van der Waals surface area contributed by atoms with Crippen molar-refractivity contribution in [2.75, 3.05) is 0 Å². The van der Waals surface area contributed by atoms with Crippen molar-refractivity contribution in [3.05, 3.63) is 63.1 Å². The van der Waals surface area contributed by atoms with Crippen LogP contribution in [0.1, 0.15) is 29.3 Å². The predicted octanol–water partition coefficient (Wildman–Crippen LogP) is 1.05. The minimum Gasteiger partial charge on any atom is -0.344 e. The van der Waals surface area contributed by atoms with Gasteiger partial charge in [-0.05, 0) is 38.3 Å². The molecule has 0 aliphatic heterocycles. The molecule has 0 saturated carbocycles. The number of carbonyl (C=O) groups excluding carboxylic acids is 2. The van der Waals surface area contributed by atoms with Crippen LogP contribution in [0.15, 0.2) is 35.1 Å². The fraction of sp³-hybridized carbons (Fsp3) is 0.316. The number of ketones is 1. The molecule has 0 bridgehead atoms. The Hall–Kier alpha value is -3.27. The zero-order valence-corrected chi connectivity index (χ0v) is 14.9. The highest BCUT2D eigenvalue weighted by atomic mass is 16.2. The molecule has 2 aromatic rings. The number of rotatable bonds is 6. The third kappa shape index (κ3) is 4.42. The Kier molecular flexibility index (Phi) is 6.02. The van der Waals surface area contributed by atoms with E-state index in [0.29, 0.717) is 17.7 Å². The molecule has 2 rings (SSSR count). The summed E-state index contributed by atoms with van der Waals surface area (Å²) < 4.78 is 0.954. The van der Waals surface area contributed by atoms with Gasteiger partial charge in [0.05, 0.1) is 11.7 Å². The van der Waals surface area contributed by atoms with Crippen molar-refractivity contribution >= 4 is 11.7 Å². The van der Waals surface area contributed by atoms with E-state index in [1.807, 2.05) is 36.4 Å². The van der Waals surface area contributed by atoms with Crippen molar-refractivity contribution in [1.29, 1.82) is 5.26 Å². The van der Waals surface area contributed by atoms with Gasteiger partial charge in [0.15, 0.2) is 5.78 Å². The maximum absolute atomic E-state index is 12.3. The van der Waals surface area contributed by atoms with Crippen LogP contribution in [-0.2, 0) is 22.6 Å². The lowest BCUT2D eigenvalue weighted by Gasteiger charge is -2.16. The summed E-state index contributed by atoms with van der Waals surface area (Å²) in [6.45, 7) is 4.35. The Labute approximate surface area is 151 Å². The standard InChI is InChI=1S/C19H20N4O3/c1-12-13(2)22-23(19(26)16(12)10-20)11-18(25)21-17(14(3)24)9-15-7-5-4-6-8-15/h4-8,17H,9,11H2,1-3H3,(H,21,25). The molecule has 7 heteroatoms. The fourth-order valence-corrected chi connectivity index (χ4v) is 2.53. The predicted molar refractivity (Wildman–Crippen MR) is 95.4 cm³/mol. The average molecular weight is 352 g/mol. The molecule has 0 spiro atoms. The Morgan fingerprint density at radius 3 is 2.50 bits per heavy atom. The first-order valence-electron chi connectivity index (χ1n) is 8.15. The Morgan fingerprint density at radius 2 is 1.92 bits per heavy atom. The van der Waals surface area contributed by atoms with Crippen LogP contribution < -0.4 is 10.9 Å². The number of aromatic nitrogens is 2. The second kappa shape index (κ2) is 8.21. The first kappa shape index (κ1) is 19.1. The Bertz CT molecular complexity index is 926. The van der Waals surface area contributed by atoms with Crippen LogP contribution in [0, 0.1) is 25.2 Å². The molecule has 1 atom stereocenters. The minimum atomic E-state index is -0.692. The normalized spacial score (nSPS) is 11.5. The maximum Gasteiger partial charge on any atom is 0.285 e. The smallest absolute Gasteiger partial charge is 0.285 e. The molecule has 1 aromatic carbocycles. The summed E-state index contributed by atoms with van der Waals surface area (Å²) in [5.74, 6) is -0.691. The lowest BCUT2D eigenvalue weighted by atomic mass is 10.0. The van der Waals surface area contributed by atoms with E-state index in [4.69, 9.17) is 5.26 Å². The molecule has 1 unspecified atom stereocenters. The van der Waals surface area contributed by atoms with Crippen LogP contribution in [0.3, 0.4) is 0 Å². The molecule has 0 saturated heterocycles. The van der Waals surface area contributed by atoms with Gasteiger partial charge in [-0.15, -0.1) is 0 Å². The minimum absolute atomic E-state index is 0.0299. The van der Waals surface area contributed by atoms with Gasteiger partial charge in [0, 0.05) is 0 Å². The van der Waals surface area contributed by atoms with Gasteiger partial charge in [-0.2, -0.15) is 10.4 Å². The van der Waals surface area contributed by atoms with E-state index in [2.05, 4.69) is 10.4 Å². The van der Waals surface area contributed by atoms with Crippen molar-refractivity contribution in [1.82, 2.24) is 15.1 Å². The number of Topliss-reactive ketones (excluding diaryl/α,β-unsaturated/α-hetero) is 1. The molecule has 1 aromatic heterocycles. The zero-order valence-electron chi connectivity index (χ0n) is 14.9. The number of nitriles is 1. The quantitative estimate of drug-likeness (QED) is 0.836. The van der Waals surface area contributed by atoms with Gasteiger partial charge in [-0.3, -0.25) is 14.4 Å². The first-order chi connectivity index (χ1) is 12.3. The van der Waals surface area contributed by atoms with Crippen LogP contribution >= 0.6 is 0 Å². The maximum atomic E-state index is 12.3. The van der Waals surface area contributed by atoms with Gasteiger partial charge in [0.2, 0.25) is 5.91 Å². The molecule has 0 aliphatic carbocycles. The molecular formula is C19H20N4O3. The number of amides is 1. The van der Waals surface area contributed by atoms with Crippen LogP contribution in [0.5, 0.6) is 0 Å². The summed E-state index contributed by atoms with van der Waals surface area (Å²) in [6.07, 6.45) is 0.362. The van der Waals surface area contributed by atoms with Crippen LogP contribution in [0.4, 0.5) is 0 Å². The highest BCUT2D eigenvalue weighted by molar-refractivity contribution is 5.87. The van der Waals surface area contributed by atoms with Gasteiger partial charge in [0.1, 0.15) is 18.2 Å². The molecule has 1 amide bonds. The summed E-state index contributed by atoms with van der Waals surface area (Å²) in [5, 5.41) is 15.8. The van der Waals surface area contributed by atoms with Crippen LogP contribution in [0.25, 0.3) is 0 Å². The second-order valence-electron chi connectivity index (χ2n) is 6.08. The lowest BCUT2D eigenvalue weighted by Crippen LogP contribution is -2.44. The van der Waals surface area contributed by atoms with Gasteiger partial charge in [0.25, 0.3) is 5.56 Å². The third-order valence-corrected chi connectivity index (χ3v) is 4.15. The third-order valence-electron chi connectivity index (χ3n) is 4.15. The first-order valence-corrected chi connectivity index (χ1v) is 8.15. The number of nitrogens with zero attached hydrogens (tertiary/aromatic N) is 3. The van der Waals surface area contributed by atoms with E-state index in [0.717, 1.165) is 10.2 Å². The molecule has 0 fully saturated rings. The zero-order chi connectivity index (χ0) is 19.3. The molecule has 0 radical (unpaired) electrons. The van der Waals surface area contributed by atoms with E-state index >= 15 is 0 Å². The van der Waals surface area contributed by atoms with Gasteiger partial charge in [-0.25, -0.2) is 4.68 Å². The number of carbonyl (C=O) groups is 2. The van der Waals surface area contributed by atoms with Gasteiger partial charge in [-0.1, -0.05) is 30.3 Å². The van der Waals surface area contributed by atoms with Crippen molar-refractivity contribution in [2.45, 2.75) is 39.8 Å². The van der Waals surface area contributed by atoms with Gasteiger partial charge >= 0.3 is 0 Å². The molecule has 1 heterocycles. The van der Waals surface area contributed by atoms with E-state index < -0.39 is 17.5 Å². The Balaban J connectivity index is 2.17. The summed E-state index contributed by atoms with van der Waals surface area (Å²) in [7, 11) is 0. The summed E-state index contributed by atoms with van der Waals surface area (Å²) in [6, 6.07) is 10.5. The molecule has 7 nitrogen and oxygen atoms in total. The number of aryl methyl sites for hydroxylation is 1. The molecule has 134 valence electrons. The van der Waals surface area contributed by atoms with Crippen molar-refractivity contribution in [3.8, 4) is 6.07 Å². The SMILES string of the molecule is CC(=O)C(Cc1ccccc1)NC(=O)Cn1nc(C)c(C)c(C#N)c1=O. The number of hydrogen-bond acceptors (Lipinski definition) is 5. The largest absolute Gasteiger partial charge is 0.344 e. The molecule has 26 heavy (non-hydrogen) atoms. The summed E-state index contributed by atoms with van der Waals surface area (Å²) in [5.41, 5.74) is 1.27. The number of nitrogens with one attached hydrogen (secondary N) is 1. The van der Waals surface area contributed by atoms with Crippen molar-refractivity contribution in [2.24, 2.45) is 0 Å². The van der Waals surface area contributed by atoms with Crippen molar-refractivity contribution < 1.29 is 9.59 Å². The second-order valence-corrected chi connectivity index (χ2v) is 6.08. The highest BCUT2D eigenvalue weighted by Crippen LogP contribution is 2.06. The number of hydrogen-bond donors (Lipinski definition) is 1. The van der Waals surface area contributed by atoms with E-state index in [9.17, 15) is 14.4 Å². The summed E-state index contributed by atoms with van der Waals surface area (Å²) in [4.78, 5) is 36.4. The van der Waals surface area contributed by atoms with Crippen LogP contribution in [0.2, 0.25) is 0 Å². The lowest BCUT2D eigenvalue weighted by molar-refractivity contribution is -0.127. The van der Waals surface area contributed by atoms with Gasteiger partial charge < -0.3 is 5.32 Å². The summed E-state index contributed by atoms with van der Waals surface area (Å²) >= 11 is 0. The van der Waals surface area contributed by atoms with E-state index in [1.165, 1.54) is 6.92 Å². The molecule has 0 aliphatic rings. The van der Waals surface area contributed by atoms with E-state index in [1.54, 1.807) is 13.8 Å². The fourth-order valence-electron chi connectivity index (χ4n) is 2.53. The monoisotopic (exact) mass is 352 g/mol. The van der Waals surface area contributed by atoms with Crippen LogP contribution in [-0.4, -0.2) is 27.5 Å². The van der Waals surface area contributed by atoms with E-state index in [-0.39, 0.29) is 17.9 Å². The topological polar surface area (TPSA) is 105 Å². The molecule has 1 N–H and O–H groups in total. The molecular weight excluding hydrogens is 332 g/mol. The van der Waals surface area contributed by atoms with Crippen molar-refractivity contribution in [3.63, 3.8) is 0 Å².